The first-order valence-corrected chi connectivity index (χ1v) is 7.83. The fourth-order valence-electron chi connectivity index (χ4n) is 2.52. The molecule has 7 heteroatoms. The molecule has 2 aromatic rings. The molecule has 1 atom stereocenters. The van der Waals surface area contributed by atoms with Crippen molar-refractivity contribution in [2.24, 2.45) is 0 Å². The van der Waals surface area contributed by atoms with Crippen LogP contribution in [-0.4, -0.2) is 24.9 Å². The highest BCUT2D eigenvalue weighted by molar-refractivity contribution is 7.14. The Balaban J connectivity index is 1.86. The average molecular weight is 330 g/mol. The van der Waals surface area contributed by atoms with Gasteiger partial charge in [-0.1, -0.05) is 18.2 Å². The van der Waals surface area contributed by atoms with E-state index in [1.54, 1.807) is 23.6 Å². The maximum atomic E-state index is 12.6. The van der Waals surface area contributed by atoms with Crippen molar-refractivity contribution < 1.29 is 19.1 Å². The number of benzene rings is 1. The molecule has 2 heterocycles. The van der Waals surface area contributed by atoms with Crippen LogP contribution >= 0.6 is 11.3 Å². The minimum atomic E-state index is -0.590. The molecule has 1 aromatic carbocycles. The number of methoxy groups -OCH3 is 1. The second-order valence-corrected chi connectivity index (χ2v) is 5.95. The fourth-order valence-corrected chi connectivity index (χ4v) is 3.30. The number of fused-ring (bicyclic) bond motifs is 1. The van der Waals surface area contributed by atoms with Gasteiger partial charge in [0.05, 0.1) is 18.6 Å². The van der Waals surface area contributed by atoms with Crippen molar-refractivity contribution in [2.45, 2.75) is 12.3 Å². The Morgan fingerprint density at radius 2 is 2.09 bits per heavy atom. The third-order valence-electron chi connectivity index (χ3n) is 3.62. The highest BCUT2D eigenvalue weighted by Crippen LogP contribution is 2.34. The molecule has 1 aromatic heterocycles. The van der Waals surface area contributed by atoms with Gasteiger partial charge in [-0.05, 0) is 23.1 Å². The van der Waals surface area contributed by atoms with E-state index in [2.05, 4.69) is 15.4 Å². The molecule has 2 N–H and O–H groups in total. The molecule has 0 spiro atoms. The van der Waals surface area contributed by atoms with E-state index in [1.165, 1.54) is 18.4 Å². The van der Waals surface area contributed by atoms with Gasteiger partial charge in [0.15, 0.2) is 0 Å². The van der Waals surface area contributed by atoms with E-state index in [9.17, 15) is 14.4 Å². The molecule has 23 heavy (non-hydrogen) atoms. The number of ether oxygens (including phenoxy) is 1. The van der Waals surface area contributed by atoms with E-state index in [0.29, 0.717) is 16.3 Å². The van der Waals surface area contributed by atoms with Gasteiger partial charge < -0.3 is 15.4 Å². The molecule has 3 rings (SSSR count). The molecule has 0 bridgehead atoms. The third-order valence-corrected chi connectivity index (χ3v) is 4.45. The normalized spacial score (nSPS) is 16.2. The van der Waals surface area contributed by atoms with Gasteiger partial charge in [-0.15, -0.1) is 11.3 Å². The second kappa shape index (κ2) is 6.21. The molecule has 0 saturated heterocycles. The minimum absolute atomic E-state index is 0.0712. The van der Waals surface area contributed by atoms with Gasteiger partial charge in [-0.25, -0.2) is 4.79 Å². The van der Waals surface area contributed by atoms with E-state index in [1.807, 2.05) is 12.1 Å². The van der Waals surface area contributed by atoms with Crippen molar-refractivity contribution in [1.82, 2.24) is 0 Å². The minimum Gasteiger partial charge on any atom is -0.465 e. The predicted molar refractivity (Wildman–Crippen MR) is 86.7 cm³/mol. The van der Waals surface area contributed by atoms with E-state index in [-0.39, 0.29) is 18.2 Å². The number of hydrogen-bond donors (Lipinski definition) is 2. The number of amides is 2. The van der Waals surface area contributed by atoms with Crippen molar-refractivity contribution in [3.05, 3.63) is 46.8 Å². The molecule has 1 unspecified atom stereocenters. The Morgan fingerprint density at radius 3 is 2.87 bits per heavy atom. The van der Waals surface area contributed by atoms with Crippen molar-refractivity contribution in [3.8, 4) is 0 Å². The number of hydrogen-bond acceptors (Lipinski definition) is 5. The highest BCUT2D eigenvalue weighted by Gasteiger charge is 2.31. The second-order valence-electron chi connectivity index (χ2n) is 5.04. The number of nitrogens with one attached hydrogen (secondary N) is 2. The van der Waals surface area contributed by atoms with Crippen molar-refractivity contribution in [1.29, 1.82) is 0 Å². The van der Waals surface area contributed by atoms with Crippen LogP contribution in [0.1, 0.15) is 28.3 Å². The molecule has 6 nitrogen and oxygen atoms in total. The summed E-state index contributed by atoms with van der Waals surface area (Å²) in [5.41, 5.74) is 1.71. The number of para-hydroxylation sites is 1. The number of anilines is 2. The average Bonchev–Trinajstić information content (AvgIpc) is 3.01. The van der Waals surface area contributed by atoms with E-state index in [0.717, 1.165) is 5.56 Å². The van der Waals surface area contributed by atoms with Gasteiger partial charge in [-0.2, -0.15) is 0 Å². The fraction of sp³-hybridized carbons (Fsp3) is 0.188. The molecule has 0 saturated carbocycles. The van der Waals surface area contributed by atoms with Crippen LogP contribution in [0, 0.1) is 0 Å². The summed E-state index contributed by atoms with van der Waals surface area (Å²) in [5, 5.41) is 7.61. The van der Waals surface area contributed by atoms with E-state index < -0.39 is 11.9 Å². The lowest BCUT2D eigenvalue weighted by Gasteiger charge is -2.24. The Morgan fingerprint density at radius 1 is 1.30 bits per heavy atom. The van der Waals surface area contributed by atoms with Gasteiger partial charge in [0.1, 0.15) is 5.00 Å². The summed E-state index contributed by atoms with van der Waals surface area (Å²) in [6.07, 6.45) is 0.0712. The molecule has 2 amide bonds. The molecule has 1 aliphatic heterocycles. The van der Waals surface area contributed by atoms with Crippen LogP contribution < -0.4 is 10.6 Å². The maximum absolute atomic E-state index is 12.6. The maximum Gasteiger partial charge on any atom is 0.340 e. The van der Waals surface area contributed by atoms with E-state index in [4.69, 9.17) is 0 Å². The number of carbonyl (C=O) groups is 3. The standard InChI is InChI=1S/C16H14N2O4S/c1-22-16(21)10-6-7-23-15(10)18-14(20)11-8-13(19)17-12-5-3-2-4-9(11)12/h2-7,11H,8H2,1H3,(H,17,19)(H,18,20). The smallest absolute Gasteiger partial charge is 0.340 e. The Hall–Kier alpha value is -2.67. The first-order valence-electron chi connectivity index (χ1n) is 6.95. The Bertz CT molecular complexity index is 784. The van der Waals surface area contributed by atoms with Crippen LogP contribution in [-0.2, 0) is 14.3 Å². The summed E-state index contributed by atoms with van der Waals surface area (Å²) in [4.78, 5) is 36.1. The van der Waals surface area contributed by atoms with Crippen LogP contribution in [0.15, 0.2) is 35.7 Å². The molecule has 0 aliphatic carbocycles. The lowest BCUT2D eigenvalue weighted by atomic mass is 9.90. The SMILES string of the molecule is COC(=O)c1ccsc1NC(=O)C1CC(=O)Nc2ccccc21. The van der Waals surface area contributed by atoms with Gasteiger partial charge in [0.25, 0.3) is 0 Å². The van der Waals surface area contributed by atoms with E-state index >= 15 is 0 Å². The predicted octanol–water partition coefficient (Wildman–Crippen LogP) is 2.60. The Labute approximate surface area is 136 Å². The summed E-state index contributed by atoms with van der Waals surface area (Å²) < 4.78 is 4.69. The number of rotatable bonds is 3. The van der Waals surface area contributed by atoms with Crippen LogP contribution in [0.2, 0.25) is 0 Å². The summed E-state index contributed by atoms with van der Waals surface area (Å²) in [5.74, 6) is -1.63. The lowest BCUT2D eigenvalue weighted by molar-refractivity contribution is -0.123. The van der Waals surface area contributed by atoms with Gasteiger partial charge in [0, 0.05) is 12.1 Å². The summed E-state index contributed by atoms with van der Waals surface area (Å²) in [6, 6.07) is 8.79. The number of esters is 1. The zero-order valence-corrected chi connectivity index (χ0v) is 13.1. The zero-order chi connectivity index (χ0) is 16.4. The first-order chi connectivity index (χ1) is 11.1. The zero-order valence-electron chi connectivity index (χ0n) is 12.3. The monoisotopic (exact) mass is 330 g/mol. The molecular formula is C16H14N2O4S. The summed E-state index contributed by atoms with van der Waals surface area (Å²) >= 11 is 1.23. The van der Waals surface area contributed by atoms with Crippen LogP contribution in [0.5, 0.6) is 0 Å². The molecule has 0 fully saturated rings. The van der Waals surface area contributed by atoms with Crippen molar-refractivity contribution >= 4 is 39.8 Å². The topological polar surface area (TPSA) is 84.5 Å². The van der Waals surface area contributed by atoms with Crippen LogP contribution in [0.25, 0.3) is 0 Å². The van der Waals surface area contributed by atoms with Crippen LogP contribution in [0.3, 0.4) is 0 Å². The molecule has 1 aliphatic rings. The van der Waals surface area contributed by atoms with Gasteiger partial charge in [0.2, 0.25) is 11.8 Å². The van der Waals surface area contributed by atoms with Crippen molar-refractivity contribution in [3.63, 3.8) is 0 Å². The first kappa shape index (κ1) is 15.2. The third kappa shape index (κ3) is 2.95. The van der Waals surface area contributed by atoms with Crippen molar-refractivity contribution in [2.75, 3.05) is 17.7 Å². The molecule has 118 valence electrons. The van der Waals surface area contributed by atoms with Gasteiger partial charge >= 0.3 is 5.97 Å². The highest BCUT2D eigenvalue weighted by atomic mass is 32.1. The summed E-state index contributed by atoms with van der Waals surface area (Å²) in [6.45, 7) is 0. The number of carbonyl (C=O) groups excluding carboxylic acids is 3. The lowest BCUT2D eigenvalue weighted by Crippen LogP contribution is -2.30. The van der Waals surface area contributed by atoms with Gasteiger partial charge in [-0.3, -0.25) is 9.59 Å². The molecular weight excluding hydrogens is 316 g/mol. The Kier molecular flexibility index (Phi) is 4.12. The summed E-state index contributed by atoms with van der Waals surface area (Å²) in [7, 11) is 1.29. The van der Waals surface area contributed by atoms with Crippen LogP contribution in [0.4, 0.5) is 10.7 Å². The molecule has 0 radical (unpaired) electrons. The largest absolute Gasteiger partial charge is 0.465 e. The number of thiophene rings is 1. The quantitative estimate of drug-likeness (QED) is 0.847.